The number of nitrogens with zero attached hydrogens (tertiary/aromatic N) is 3. The highest BCUT2D eigenvalue weighted by molar-refractivity contribution is 6.76. The highest BCUT2D eigenvalue weighted by Crippen LogP contribution is 2.34. The fourth-order valence-corrected chi connectivity index (χ4v) is 3.84. The van der Waals surface area contributed by atoms with Crippen LogP contribution in [0.3, 0.4) is 0 Å². The van der Waals surface area contributed by atoms with Gasteiger partial charge in [0, 0.05) is 20.2 Å². The number of aromatic nitrogens is 3. The Morgan fingerprint density at radius 1 is 1.19 bits per heavy atom. The van der Waals surface area contributed by atoms with Crippen LogP contribution < -0.4 is 5.73 Å². The van der Waals surface area contributed by atoms with Crippen LogP contribution in [-0.4, -0.2) is 41.8 Å². The molecule has 166 valence electrons. The fourth-order valence-electron chi connectivity index (χ4n) is 3.09. The first-order valence-electron chi connectivity index (χ1n) is 9.85. The van der Waals surface area contributed by atoms with Crippen LogP contribution in [0, 0.1) is 0 Å². The maximum absolute atomic E-state index is 14.3. The smallest absolute Gasteiger partial charge is 0.275 e. The Morgan fingerprint density at radius 2 is 1.87 bits per heavy atom. The van der Waals surface area contributed by atoms with Gasteiger partial charge in [-0.3, -0.25) is 4.79 Å². The van der Waals surface area contributed by atoms with E-state index >= 15 is 0 Å². The van der Waals surface area contributed by atoms with E-state index in [1.54, 1.807) is 30.3 Å². The summed E-state index contributed by atoms with van der Waals surface area (Å²) in [4.78, 5) is 16.2. The molecule has 10 heteroatoms. The van der Waals surface area contributed by atoms with Crippen molar-refractivity contribution in [2.24, 2.45) is 5.73 Å². The fraction of sp³-hybridized carbons (Fsp3) is 0.381. The van der Waals surface area contributed by atoms with Gasteiger partial charge in [0.2, 0.25) is 6.17 Å². The molecule has 0 aliphatic rings. The molecule has 3 aromatic rings. The predicted molar refractivity (Wildman–Crippen MR) is 115 cm³/mol. The molecule has 3 rings (SSSR count). The van der Waals surface area contributed by atoms with Crippen LogP contribution in [-0.2, 0) is 11.5 Å². The van der Waals surface area contributed by atoms with Gasteiger partial charge in [-0.1, -0.05) is 50.0 Å². The number of pyridine rings is 1. The van der Waals surface area contributed by atoms with Gasteiger partial charge in [0.15, 0.2) is 5.69 Å². The number of nitrogens with two attached hydrogens (primary N) is 1. The number of primary amides is 1. The van der Waals surface area contributed by atoms with Gasteiger partial charge in [0.1, 0.15) is 6.73 Å². The SMILES string of the molecule is C[Si](C)(C)CCOCn1nc(C(N)=O)c2c(-c3ccccc3)nc(C(F)C(F)F)cc21. The van der Waals surface area contributed by atoms with Crippen molar-refractivity contribution in [1.82, 2.24) is 14.8 Å². The van der Waals surface area contributed by atoms with E-state index in [4.69, 9.17) is 10.5 Å². The predicted octanol–water partition coefficient (Wildman–Crippen LogP) is 4.79. The molecule has 0 spiro atoms. The Labute approximate surface area is 179 Å². The average Bonchev–Trinajstić information content (AvgIpc) is 3.09. The van der Waals surface area contributed by atoms with Gasteiger partial charge >= 0.3 is 0 Å². The van der Waals surface area contributed by atoms with Crippen LogP contribution in [0.25, 0.3) is 22.2 Å². The molecule has 6 nitrogen and oxygen atoms in total. The van der Waals surface area contributed by atoms with Crippen molar-refractivity contribution in [1.29, 1.82) is 0 Å². The van der Waals surface area contributed by atoms with Crippen molar-refractivity contribution in [3.63, 3.8) is 0 Å². The second-order valence-electron chi connectivity index (χ2n) is 8.45. The number of hydrogen-bond donors (Lipinski definition) is 1. The Kier molecular flexibility index (Phi) is 6.80. The van der Waals surface area contributed by atoms with Crippen molar-refractivity contribution >= 4 is 24.9 Å². The second kappa shape index (κ2) is 9.19. The number of fused-ring (bicyclic) bond motifs is 1. The summed E-state index contributed by atoms with van der Waals surface area (Å²) in [5.41, 5.74) is 5.96. The molecule has 0 bridgehead atoms. The summed E-state index contributed by atoms with van der Waals surface area (Å²) in [5, 5.41) is 4.51. The topological polar surface area (TPSA) is 83.0 Å². The highest BCUT2D eigenvalue weighted by atomic mass is 28.3. The van der Waals surface area contributed by atoms with Crippen molar-refractivity contribution in [3.8, 4) is 11.3 Å². The maximum atomic E-state index is 14.3. The molecule has 0 aliphatic heterocycles. The molecule has 2 N–H and O–H groups in total. The molecule has 0 aliphatic carbocycles. The van der Waals surface area contributed by atoms with E-state index in [0.717, 1.165) is 6.04 Å². The Bertz CT molecular complexity index is 1070. The molecule has 31 heavy (non-hydrogen) atoms. The average molecular weight is 451 g/mol. The molecule has 2 heterocycles. The zero-order valence-corrected chi connectivity index (χ0v) is 18.6. The quantitative estimate of drug-likeness (QED) is 0.375. The van der Waals surface area contributed by atoms with E-state index in [0.29, 0.717) is 12.2 Å². The molecular weight excluding hydrogens is 425 g/mol. The molecular formula is C21H25F3N4O2Si. The number of alkyl halides is 3. The van der Waals surface area contributed by atoms with E-state index in [1.165, 1.54) is 10.7 Å². The van der Waals surface area contributed by atoms with Crippen molar-refractivity contribution in [3.05, 3.63) is 47.8 Å². The van der Waals surface area contributed by atoms with Gasteiger partial charge in [0.05, 0.1) is 22.3 Å². The molecule has 1 unspecified atom stereocenters. The molecule has 1 amide bonds. The molecule has 1 aromatic carbocycles. The minimum Gasteiger partial charge on any atom is -0.364 e. The first-order valence-corrected chi connectivity index (χ1v) is 13.6. The van der Waals surface area contributed by atoms with Gasteiger partial charge in [-0.25, -0.2) is 22.8 Å². The number of ether oxygens (including phenoxy) is 1. The zero-order valence-electron chi connectivity index (χ0n) is 17.6. The number of hydrogen-bond acceptors (Lipinski definition) is 4. The van der Waals surface area contributed by atoms with Gasteiger partial charge < -0.3 is 10.5 Å². The minimum atomic E-state index is -3.24. The summed E-state index contributed by atoms with van der Waals surface area (Å²) < 4.78 is 47.5. The van der Waals surface area contributed by atoms with Crippen LogP contribution in [0.15, 0.2) is 36.4 Å². The van der Waals surface area contributed by atoms with Crippen LogP contribution >= 0.6 is 0 Å². The number of halogens is 3. The van der Waals surface area contributed by atoms with E-state index in [9.17, 15) is 18.0 Å². The summed E-state index contributed by atoms with van der Waals surface area (Å²) in [7, 11) is -1.32. The maximum Gasteiger partial charge on any atom is 0.275 e. The largest absolute Gasteiger partial charge is 0.364 e. The molecule has 0 saturated heterocycles. The summed E-state index contributed by atoms with van der Waals surface area (Å²) in [5.74, 6) is -0.803. The third-order valence-corrected chi connectivity index (χ3v) is 6.45. The van der Waals surface area contributed by atoms with Gasteiger partial charge in [-0.15, -0.1) is 0 Å². The highest BCUT2D eigenvalue weighted by Gasteiger charge is 2.28. The lowest BCUT2D eigenvalue weighted by atomic mass is 10.0. The number of carbonyl (C=O) groups excluding carboxylic acids is 1. The first kappa shape index (κ1) is 23.0. The lowest BCUT2D eigenvalue weighted by molar-refractivity contribution is 0.0474. The number of rotatable bonds is 9. The lowest BCUT2D eigenvalue weighted by Crippen LogP contribution is -2.22. The third-order valence-electron chi connectivity index (χ3n) is 4.75. The second-order valence-corrected chi connectivity index (χ2v) is 14.1. The summed E-state index contributed by atoms with van der Waals surface area (Å²) in [6.07, 6.45) is -5.83. The summed E-state index contributed by atoms with van der Waals surface area (Å²) in [6, 6.07) is 10.7. The first-order chi connectivity index (χ1) is 14.6. The summed E-state index contributed by atoms with van der Waals surface area (Å²) in [6.45, 7) is 7.08. The zero-order chi connectivity index (χ0) is 22.8. The van der Waals surface area contributed by atoms with Crippen LogP contribution in [0.4, 0.5) is 13.2 Å². The Hall–Kier alpha value is -2.72. The minimum absolute atomic E-state index is 0.0302. The van der Waals surface area contributed by atoms with E-state index < -0.39 is 32.3 Å². The van der Waals surface area contributed by atoms with Crippen LogP contribution in [0.2, 0.25) is 25.7 Å². The van der Waals surface area contributed by atoms with Crippen LogP contribution in [0.5, 0.6) is 0 Å². The van der Waals surface area contributed by atoms with Crippen LogP contribution in [0.1, 0.15) is 22.4 Å². The molecule has 0 fully saturated rings. The summed E-state index contributed by atoms with van der Waals surface area (Å²) >= 11 is 0. The van der Waals surface area contributed by atoms with Crippen molar-refractivity contribution in [2.45, 2.75) is 45.0 Å². The standard InChI is InChI=1S/C21H25F3N4O2Si/c1-31(2,3)10-9-30-12-28-15-11-14(17(22)20(23)24)26-18(13-7-5-4-6-8-13)16(15)19(27-28)21(25)29/h4-8,11,17,20H,9-10,12H2,1-3H3,(H2,25,29). The Morgan fingerprint density at radius 3 is 2.45 bits per heavy atom. The van der Waals surface area contributed by atoms with E-state index in [2.05, 4.69) is 29.7 Å². The normalized spacial score (nSPS) is 13.1. The molecule has 0 radical (unpaired) electrons. The molecule has 0 saturated carbocycles. The van der Waals surface area contributed by atoms with Gasteiger partial charge in [0.25, 0.3) is 12.3 Å². The van der Waals surface area contributed by atoms with Crippen molar-refractivity contribution < 1.29 is 22.7 Å². The van der Waals surface area contributed by atoms with Crippen molar-refractivity contribution in [2.75, 3.05) is 6.61 Å². The third kappa shape index (κ3) is 5.31. The monoisotopic (exact) mass is 450 g/mol. The Balaban J connectivity index is 2.14. The van der Waals surface area contributed by atoms with E-state index in [1.807, 2.05) is 0 Å². The molecule has 2 aromatic heterocycles. The van der Waals surface area contributed by atoms with E-state index in [-0.39, 0.29) is 29.0 Å². The van der Waals surface area contributed by atoms with Gasteiger partial charge in [-0.2, -0.15) is 5.10 Å². The number of benzene rings is 1. The lowest BCUT2D eigenvalue weighted by Gasteiger charge is -2.15. The number of carbonyl (C=O) groups is 1. The molecule has 1 atom stereocenters. The number of amides is 1. The van der Waals surface area contributed by atoms with Gasteiger partial charge in [-0.05, 0) is 12.1 Å².